The van der Waals surface area contributed by atoms with Crippen LogP contribution in [-0.2, 0) is 0 Å². The Kier molecular flexibility index (Phi) is 11.8. The molecule has 0 unspecified atom stereocenters. The van der Waals surface area contributed by atoms with Gasteiger partial charge in [-0.3, -0.25) is 4.99 Å². The van der Waals surface area contributed by atoms with Gasteiger partial charge in [0.1, 0.15) is 0 Å². The molecule has 3 heteroatoms. The van der Waals surface area contributed by atoms with E-state index in [0.29, 0.717) is 0 Å². The Morgan fingerprint density at radius 2 is 0.810 bits per heavy atom. The summed E-state index contributed by atoms with van der Waals surface area (Å²) in [7, 11) is -0.226. The van der Waals surface area contributed by atoms with Crippen LogP contribution in [0.25, 0.3) is 6.08 Å². The van der Waals surface area contributed by atoms with Gasteiger partial charge in [0, 0.05) is 18.0 Å². The molecule has 0 heterocycles. The van der Waals surface area contributed by atoms with Crippen molar-refractivity contribution in [3.8, 4) is 0 Å². The molecule has 0 bridgehead atoms. The molecule has 6 rings (SSSR count). The first kappa shape index (κ1) is 30.7. The number of aliphatic imine (C=N–C) groups is 1. The number of hydrogen-bond donors (Lipinski definition) is 0. The summed E-state index contributed by atoms with van der Waals surface area (Å²) in [6, 6.07) is 18.8. The van der Waals surface area contributed by atoms with E-state index in [9.17, 15) is 0 Å². The average Bonchev–Trinajstić information content (AvgIpc) is 3.07. The SMILES string of the molecule is C(=N/C=C\c1ccccc1P(C1CCCCC1)C1CCCCC1)c1ccccc1P(C1CCCCC1)C1CCCCC1. The molecular formula is C39H55NP2. The molecule has 0 amide bonds. The second kappa shape index (κ2) is 16.1. The highest BCUT2D eigenvalue weighted by atomic mass is 31.1. The standard InChI is InChI=1S/C39H55NP2/c1-5-19-34(20-6-1)41(35-21-7-2-8-22-35)38-27-15-13-17-32(38)29-30-40-31-33-18-14-16-28-39(33)42(36-23-9-3-10-24-36)37-25-11-4-12-26-37/h13-18,27-31,34-37H,1-12,19-26H2/b30-29-,40-31?. The molecular weight excluding hydrogens is 544 g/mol. The van der Waals surface area contributed by atoms with Crippen LogP contribution in [0, 0.1) is 0 Å². The van der Waals surface area contributed by atoms with Crippen molar-refractivity contribution in [2.24, 2.45) is 4.99 Å². The highest BCUT2D eigenvalue weighted by Crippen LogP contribution is 2.56. The highest BCUT2D eigenvalue weighted by molar-refractivity contribution is 7.67. The van der Waals surface area contributed by atoms with E-state index in [1.807, 2.05) is 0 Å². The maximum Gasteiger partial charge on any atom is 0.0346 e. The van der Waals surface area contributed by atoms with E-state index >= 15 is 0 Å². The summed E-state index contributed by atoms with van der Waals surface area (Å²) in [6.07, 6.45) is 35.7. The van der Waals surface area contributed by atoms with E-state index < -0.39 is 0 Å². The van der Waals surface area contributed by atoms with Crippen molar-refractivity contribution in [3.05, 3.63) is 65.9 Å². The molecule has 0 spiro atoms. The van der Waals surface area contributed by atoms with Gasteiger partial charge in [-0.1, -0.05) is 141 Å². The van der Waals surface area contributed by atoms with Gasteiger partial charge in [-0.15, -0.1) is 0 Å². The number of rotatable bonds is 9. The normalized spacial score (nSPS) is 22.6. The Morgan fingerprint density at radius 3 is 1.24 bits per heavy atom. The van der Waals surface area contributed by atoms with Gasteiger partial charge in [0.2, 0.25) is 0 Å². The molecule has 0 atom stereocenters. The summed E-state index contributed by atoms with van der Waals surface area (Å²) in [5, 5.41) is 3.33. The number of hydrogen-bond acceptors (Lipinski definition) is 1. The minimum atomic E-state index is -0.119. The lowest BCUT2D eigenvalue weighted by atomic mass is 9.99. The molecule has 0 radical (unpaired) electrons. The average molecular weight is 600 g/mol. The first-order chi connectivity index (χ1) is 20.9. The quantitative estimate of drug-likeness (QED) is 0.201. The van der Waals surface area contributed by atoms with E-state index in [4.69, 9.17) is 4.99 Å². The Bertz CT molecular complexity index is 1020. The summed E-state index contributed by atoms with van der Waals surface area (Å²) < 4.78 is 0. The molecule has 4 aliphatic rings. The second-order valence-electron chi connectivity index (χ2n) is 13.7. The molecule has 226 valence electrons. The van der Waals surface area contributed by atoms with Gasteiger partial charge >= 0.3 is 0 Å². The third-order valence-corrected chi connectivity index (χ3v) is 18.0. The second-order valence-corrected chi connectivity index (χ2v) is 19.2. The number of nitrogens with zero attached hydrogens (tertiary/aromatic N) is 1. The van der Waals surface area contributed by atoms with Gasteiger partial charge in [-0.05, 0) is 96.3 Å². The van der Waals surface area contributed by atoms with Gasteiger partial charge in [-0.25, -0.2) is 0 Å². The molecule has 2 aromatic carbocycles. The van der Waals surface area contributed by atoms with Crippen LogP contribution in [0.15, 0.2) is 59.7 Å². The summed E-state index contributed by atoms with van der Waals surface area (Å²) in [6.45, 7) is 0. The zero-order valence-corrected chi connectivity index (χ0v) is 27.9. The summed E-state index contributed by atoms with van der Waals surface area (Å²) in [5.74, 6) is 0. The van der Waals surface area contributed by atoms with E-state index in [0.717, 1.165) is 22.6 Å². The largest absolute Gasteiger partial charge is 0.264 e. The molecule has 4 aliphatic carbocycles. The molecule has 0 N–H and O–H groups in total. The van der Waals surface area contributed by atoms with Crippen molar-refractivity contribution in [2.75, 3.05) is 0 Å². The van der Waals surface area contributed by atoms with Crippen LogP contribution in [0.1, 0.15) is 140 Å². The zero-order chi connectivity index (χ0) is 28.4. The highest BCUT2D eigenvalue weighted by Gasteiger charge is 2.34. The summed E-state index contributed by atoms with van der Waals surface area (Å²) >= 11 is 0. The van der Waals surface area contributed by atoms with Crippen molar-refractivity contribution < 1.29 is 0 Å². The van der Waals surface area contributed by atoms with Crippen molar-refractivity contribution in [1.29, 1.82) is 0 Å². The Morgan fingerprint density at radius 1 is 0.452 bits per heavy atom. The molecule has 0 saturated heterocycles. The van der Waals surface area contributed by atoms with Crippen molar-refractivity contribution in [2.45, 2.75) is 151 Å². The smallest absolute Gasteiger partial charge is 0.0346 e. The van der Waals surface area contributed by atoms with E-state index in [1.165, 1.54) is 140 Å². The Labute approximate surface area is 260 Å². The van der Waals surface area contributed by atoms with Crippen LogP contribution >= 0.6 is 15.8 Å². The molecule has 1 nitrogen and oxygen atoms in total. The lowest BCUT2D eigenvalue weighted by Crippen LogP contribution is -2.27. The van der Waals surface area contributed by atoms with Gasteiger partial charge in [-0.2, -0.15) is 0 Å². The fourth-order valence-corrected chi connectivity index (χ4v) is 16.6. The fourth-order valence-electron chi connectivity index (χ4n) is 8.76. The predicted molar refractivity (Wildman–Crippen MR) is 190 cm³/mol. The van der Waals surface area contributed by atoms with Crippen LogP contribution in [0.3, 0.4) is 0 Å². The Hall–Kier alpha value is -1.29. The first-order valence-electron chi connectivity index (χ1n) is 17.8. The number of benzene rings is 2. The van der Waals surface area contributed by atoms with Gasteiger partial charge in [0.25, 0.3) is 0 Å². The van der Waals surface area contributed by atoms with Crippen LogP contribution < -0.4 is 10.6 Å². The fraction of sp³-hybridized carbons (Fsp3) is 0.615. The lowest BCUT2D eigenvalue weighted by Gasteiger charge is -2.39. The van der Waals surface area contributed by atoms with Crippen LogP contribution in [0.5, 0.6) is 0 Å². The van der Waals surface area contributed by atoms with Gasteiger partial charge < -0.3 is 0 Å². The van der Waals surface area contributed by atoms with Crippen LogP contribution in [0.4, 0.5) is 0 Å². The van der Waals surface area contributed by atoms with Crippen molar-refractivity contribution >= 4 is 38.7 Å². The molecule has 4 fully saturated rings. The zero-order valence-electron chi connectivity index (χ0n) is 26.1. The molecule has 2 aromatic rings. The van der Waals surface area contributed by atoms with Crippen LogP contribution in [0.2, 0.25) is 0 Å². The first-order valence-corrected chi connectivity index (χ1v) is 20.8. The minimum Gasteiger partial charge on any atom is -0.264 e. The Balaban J connectivity index is 1.24. The maximum atomic E-state index is 5.01. The third kappa shape index (κ3) is 7.86. The monoisotopic (exact) mass is 599 g/mol. The topological polar surface area (TPSA) is 12.4 Å². The van der Waals surface area contributed by atoms with Gasteiger partial charge in [0.05, 0.1) is 0 Å². The van der Waals surface area contributed by atoms with Crippen molar-refractivity contribution in [3.63, 3.8) is 0 Å². The van der Waals surface area contributed by atoms with Crippen LogP contribution in [-0.4, -0.2) is 28.9 Å². The predicted octanol–water partition coefficient (Wildman–Crippen LogP) is 11.3. The van der Waals surface area contributed by atoms with Crippen molar-refractivity contribution in [1.82, 2.24) is 0 Å². The molecule has 42 heavy (non-hydrogen) atoms. The van der Waals surface area contributed by atoms with E-state index in [2.05, 4.69) is 67.0 Å². The minimum absolute atomic E-state index is 0.107. The van der Waals surface area contributed by atoms with E-state index in [1.54, 1.807) is 10.6 Å². The molecule has 4 saturated carbocycles. The summed E-state index contributed by atoms with van der Waals surface area (Å²) in [4.78, 5) is 5.01. The summed E-state index contributed by atoms with van der Waals surface area (Å²) in [5.41, 5.74) is 6.54. The third-order valence-electron chi connectivity index (χ3n) is 10.9. The van der Waals surface area contributed by atoms with Gasteiger partial charge in [0.15, 0.2) is 0 Å². The van der Waals surface area contributed by atoms with E-state index in [-0.39, 0.29) is 15.8 Å². The molecule has 0 aromatic heterocycles. The molecule has 0 aliphatic heterocycles. The lowest BCUT2D eigenvalue weighted by molar-refractivity contribution is 0.487. The maximum absolute atomic E-state index is 5.01.